The molecule has 0 aromatic heterocycles. The van der Waals surface area contributed by atoms with Crippen LogP contribution in [0, 0.1) is 5.92 Å². The van der Waals surface area contributed by atoms with E-state index < -0.39 is 9.84 Å². The number of nitrogens with zero attached hydrogens (tertiary/aromatic N) is 1. The zero-order valence-electron chi connectivity index (χ0n) is 10.6. The summed E-state index contributed by atoms with van der Waals surface area (Å²) in [5.74, 6) is 0.659. The smallest absolute Gasteiger partial charge is 0.175 e. The number of rotatable bonds is 4. The summed E-state index contributed by atoms with van der Waals surface area (Å²) >= 11 is 5.96. The van der Waals surface area contributed by atoms with Gasteiger partial charge in [0, 0.05) is 30.9 Å². The summed E-state index contributed by atoms with van der Waals surface area (Å²) in [5, 5.41) is 0.344. The van der Waals surface area contributed by atoms with Gasteiger partial charge >= 0.3 is 0 Å². The van der Waals surface area contributed by atoms with Crippen molar-refractivity contribution in [1.82, 2.24) is 0 Å². The van der Waals surface area contributed by atoms with Gasteiger partial charge in [-0.3, -0.25) is 0 Å². The molecule has 0 radical (unpaired) electrons. The number of sulfone groups is 1. The fraction of sp³-hybridized carbons (Fsp3) is 0.538. The van der Waals surface area contributed by atoms with Gasteiger partial charge in [-0.15, -0.1) is 11.6 Å². The Kier molecular flexibility index (Phi) is 3.87. The molecule has 0 amide bonds. The maximum atomic E-state index is 11.4. The van der Waals surface area contributed by atoms with Crippen molar-refractivity contribution in [3.63, 3.8) is 0 Å². The zero-order chi connectivity index (χ0) is 13.3. The van der Waals surface area contributed by atoms with Crippen LogP contribution in [0.1, 0.15) is 12.8 Å². The fourth-order valence-corrected chi connectivity index (χ4v) is 3.38. The molecule has 5 heteroatoms. The van der Waals surface area contributed by atoms with Crippen LogP contribution in [0.4, 0.5) is 5.69 Å². The van der Waals surface area contributed by atoms with Crippen LogP contribution in [-0.4, -0.2) is 33.6 Å². The van der Waals surface area contributed by atoms with Gasteiger partial charge in [-0.1, -0.05) is 0 Å². The van der Waals surface area contributed by atoms with Gasteiger partial charge in [-0.25, -0.2) is 8.42 Å². The summed E-state index contributed by atoms with van der Waals surface area (Å²) in [6, 6.07) is 7.03. The van der Waals surface area contributed by atoms with Gasteiger partial charge in [-0.05, 0) is 43.0 Å². The molecule has 0 atom stereocenters. The molecule has 0 heterocycles. The quantitative estimate of drug-likeness (QED) is 0.799. The first-order valence-electron chi connectivity index (χ1n) is 6.01. The summed E-state index contributed by atoms with van der Waals surface area (Å²) in [4.78, 5) is 2.52. The summed E-state index contributed by atoms with van der Waals surface area (Å²) in [6.45, 7) is 0.974. The second-order valence-electron chi connectivity index (χ2n) is 5.08. The predicted molar refractivity (Wildman–Crippen MR) is 75.2 cm³/mol. The van der Waals surface area contributed by atoms with Crippen molar-refractivity contribution in [2.24, 2.45) is 5.92 Å². The number of halogens is 1. The van der Waals surface area contributed by atoms with Crippen molar-refractivity contribution >= 4 is 27.1 Å². The van der Waals surface area contributed by atoms with E-state index in [0.29, 0.717) is 16.2 Å². The number of anilines is 1. The van der Waals surface area contributed by atoms with Gasteiger partial charge in [-0.2, -0.15) is 0 Å². The molecule has 1 aromatic carbocycles. The Morgan fingerprint density at radius 3 is 2.28 bits per heavy atom. The minimum atomic E-state index is -3.11. The Bertz CT molecular complexity index is 506. The monoisotopic (exact) mass is 287 g/mol. The molecule has 0 N–H and O–H groups in total. The standard InChI is InChI=1S/C13H18ClNO2S/c1-15(9-10-7-11(14)8-10)12-3-5-13(6-4-12)18(2,16)17/h3-6,10-11H,7-9H2,1-2H3. The third kappa shape index (κ3) is 3.18. The number of hydrogen-bond acceptors (Lipinski definition) is 3. The van der Waals surface area contributed by atoms with Crippen molar-refractivity contribution < 1.29 is 8.42 Å². The molecule has 100 valence electrons. The van der Waals surface area contributed by atoms with Gasteiger partial charge in [0.15, 0.2) is 9.84 Å². The molecule has 3 nitrogen and oxygen atoms in total. The van der Waals surface area contributed by atoms with Crippen LogP contribution < -0.4 is 4.90 Å². The molecule has 1 aliphatic rings. The van der Waals surface area contributed by atoms with Crippen LogP contribution in [0.2, 0.25) is 0 Å². The average molecular weight is 288 g/mol. The normalized spacial score (nSPS) is 23.5. The lowest BCUT2D eigenvalue weighted by atomic mass is 9.84. The first-order chi connectivity index (χ1) is 8.36. The highest BCUT2D eigenvalue weighted by Crippen LogP contribution is 2.33. The van der Waals surface area contributed by atoms with Gasteiger partial charge in [0.2, 0.25) is 0 Å². The number of benzene rings is 1. The third-order valence-electron chi connectivity index (χ3n) is 3.42. The first-order valence-corrected chi connectivity index (χ1v) is 8.34. The lowest BCUT2D eigenvalue weighted by molar-refractivity contribution is 0.329. The molecule has 0 spiro atoms. The van der Waals surface area contributed by atoms with Crippen molar-refractivity contribution in [2.75, 3.05) is 24.7 Å². The molecule has 1 aliphatic carbocycles. The summed E-state index contributed by atoms with van der Waals surface area (Å²) in [6.07, 6.45) is 3.38. The van der Waals surface area contributed by atoms with E-state index in [1.165, 1.54) is 6.26 Å². The van der Waals surface area contributed by atoms with Crippen molar-refractivity contribution in [2.45, 2.75) is 23.1 Å². The summed E-state index contributed by atoms with van der Waals surface area (Å²) in [5.41, 5.74) is 1.04. The molecule has 18 heavy (non-hydrogen) atoms. The Hall–Kier alpha value is -0.740. The van der Waals surface area contributed by atoms with Crippen molar-refractivity contribution in [3.05, 3.63) is 24.3 Å². The van der Waals surface area contributed by atoms with Crippen LogP contribution in [0.5, 0.6) is 0 Å². The third-order valence-corrected chi connectivity index (χ3v) is 4.90. The minimum absolute atomic E-state index is 0.344. The van der Waals surface area contributed by atoms with E-state index in [0.717, 1.165) is 25.1 Å². The molecular formula is C13H18ClNO2S. The van der Waals surface area contributed by atoms with Crippen molar-refractivity contribution in [1.29, 1.82) is 0 Å². The van der Waals surface area contributed by atoms with Crippen molar-refractivity contribution in [3.8, 4) is 0 Å². The highest BCUT2D eigenvalue weighted by atomic mass is 35.5. The van der Waals surface area contributed by atoms with Crippen LogP contribution in [0.25, 0.3) is 0 Å². The Labute approximate surface area is 114 Å². The highest BCUT2D eigenvalue weighted by molar-refractivity contribution is 7.90. The topological polar surface area (TPSA) is 37.4 Å². The van der Waals surface area contributed by atoms with E-state index in [2.05, 4.69) is 4.90 Å². The number of hydrogen-bond donors (Lipinski definition) is 0. The van der Waals surface area contributed by atoms with Gasteiger partial charge in [0.05, 0.1) is 4.90 Å². The maximum absolute atomic E-state index is 11.4. The van der Waals surface area contributed by atoms with E-state index in [4.69, 9.17) is 11.6 Å². The molecule has 1 aromatic rings. The Balaban J connectivity index is 2.01. The van der Waals surface area contributed by atoms with E-state index in [1.54, 1.807) is 12.1 Å². The second-order valence-corrected chi connectivity index (χ2v) is 7.71. The van der Waals surface area contributed by atoms with Crippen LogP contribution in [0.3, 0.4) is 0 Å². The molecule has 2 rings (SSSR count). The minimum Gasteiger partial charge on any atom is -0.374 e. The van der Waals surface area contributed by atoms with Gasteiger partial charge < -0.3 is 4.90 Å². The molecular weight excluding hydrogens is 270 g/mol. The molecule has 0 bridgehead atoms. The maximum Gasteiger partial charge on any atom is 0.175 e. The molecule has 1 fully saturated rings. The summed E-state index contributed by atoms with van der Waals surface area (Å²) in [7, 11) is -1.08. The number of alkyl halides is 1. The van der Waals surface area contributed by atoms with E-state index >= 15 is 0 Å². The van der Waals surface area contributed by atoms with E-state index in [9.17, 15) is 8.42 Å². The van der Waals surface area contributed by atoms with Gasteiger partial charge in [0.25, 0.3) is 0 Å². The SMILES string of the molecule is CN(CC1CC(Cl)C1)c1ccc(S(C)(=O)=O)cc1. The van der Waals surface area contributed by atoms with Crippen LogP contribution in [-0.2, 0) is 9.84 Å². The molecule has 0 unspecified atom stereocenters. The second kappa shape index (κ2) is 5.10. The molecule has 0 saturated heterocycles. The Morgan fingerprint density at radius 1 is 1.28 bits per heavy atom. The van der Waals surface area contributed by atoms with E-state index in [-0.39, 0.29) is 0 Å². The first kappa shape index (κ1) is 13.7. The Morgan fingerprint density at radius 2 is 1.83 bits per heavy atom. The zero-order valence-corrected chi connectivity index (χ0v) is 12.2. The van der Waals surface area contributed by atoms with Gasteiger partial charge in [0.1, 0.15) is 0 Å². The lowest BCUT2D eigenvalue weighted by Crippen LogP contribution is -2.34. The predicted octanol–water partition coefficient (Wildman–Crippen LogP) is 2.54. The highest BCUT2D eigenvalue weighted by Gasteiger charge is 2.28. The van der Waals surface area contributed by atoms with Crippen LogP contribution in [0.15, 0.2) is 29.2 Å². The lowest BCUT2D eigenvalue weighted by Gasteiger charge is -2.35. The molecule has 1 saturated carbocycles. The van der Waals surface area contributed by atoms with E-state index in [1.807, 2.05) is 19.2 Å². The van der Waals surface area contributed by atoms with Crippen LogP contribution >= 0.6 is 11.6 Å². The molecule has 0 aliphatic heterocycles. The average Bonchev–Trinajstić information content (AvgIpc) is 2.26. The summed E-state index contributed by atoms with van der Waals surface area (Å²) < 4.78 is 22.7. The fourth-order valence-electron chi connectivity index (χ4n) is 2.24. The largest absolute Gasteiger partial charge is 0.374 e.